The van der Waals surface area contributed by atoms with Gasteiger partial charge in [0.15, 0.2) is 0 Å². The smallest absolute Gasteiger partial charge is 0.234 e. The number of β-amino-alcohol motifs (C(OH)–C–C–N with tert-alkyl or cyclic N) is 1. The molecule has 3 rings (SSSR count). The molecular formula is C19H27N3O4. The molecule has 7 nitrogen and oxygen atoms in total. The van der Waals surface area contributed by atoms with Crippen LogP contribution in [0.2, 0.25) is 0 Å². The Balaban J connectivity index is 1.57. The molecule has 1 aromatic rings. The lowest BCUT2D eigenvalue weighted by molar-refractivity contribution is -0.158. The van der Waals surface area contributed by atoms with Crippen molar-refractivity contribution in [3.8, 4) is 0 Å². The van der Waals surface area contributed by atoms with Crippen LogP contribution in [0.15, 0.2) is 30.3 Å². The first-order chi connectivity index (χ1) is 12.5. The van der Waals surface area contributed by atoms with Crippen molar-refractivity contribution in [2.24, 2.45) is 0 Å². The first kappa shape index (κ1) is 18.8. The largest absolute Gasteiger partial charge is 0.390 e. The lowest BCUT2D eigenvalue weighted by Gasteiger charge is -2.45. The summed E-state index contributed by atoms with van der Waals surface area (Å²) in [5.74, 6) is -0.100. The van der Waals surface area contributed by atoms with E-state index in [1.807, 2.05) is 35.2 Å². The van der Waals surface area contributed by atoms with Gasteiger partial charge in [-0.1, -0.05) is 30.3 Å². The summed E-state index contributed by atoms with van der Waals surface area (Å²) in [4.78, 5) is 27.6. The number of hydrogen-bond acceptors (Lipinski definition) is 5. The van der Waals surface area contributed by atoms with E-state index in [4.69, 9.17) is 0 Å². The van der Waals surface area contributed by atoms with E-state index in [9.17, 15) is 19.8 Å². The van der Waals surface area contributed by atoms with Gasteiger partial charge >= 0.3 is 0 Å². The molecule has 142 valence electrons. The highest BCUT2D eigenvalue weighted by Crippen LogP contribution is 2.24. The molecule has 0 unspecified atom stereocenters. The van der Waals surface area contributed by atoms with Crippen molar-refractivity contribution in [3.63, 3.8) is 0 Å². The minimum Gasteiger partial charge on any atom is -0.390 e. The Morgan fingerprint density at radius 3 is 2.77 bits per heavy atom. The van der Waals surface area contributed by atoms with Gasteiger partial charge in [0.1, 0.15) is 5.60 Å². The Hall–Kier alpha value is -1.96. The molecule has 0 saturated carbocycles. The first-order valence-electron chi connectivity index (χ1n) is 9.17. The molecule has 0 spiro atoms. The fourth-order valence-corrected chi connectivity index (χ4v) is 3.70. The first-order valence-corrected chi connectivity index (χ1v) is 9.17. The van der Waals surface area contributed by atoms with Crippen LogP contribution in [0.5, 0.6) is 0 Å². The van der Waals surface area contributed by atoms with E-state index in [1.54, 1.807) is 4.90 Å². The minimum absolute atomic E-state index is 0.0180. The number of benzene rings is 1. The number of nitrogens with zero attached hydrogens (tertiary/aromatic N) is 2. The van der Waals surface area contributed by atoms with Crippen molar-refractivity contribution in [1.29, 1.82) is 0 Å². The van der Waals surface area contributed by atoms with Crippen molar-refractivity contribution < 1.29 is 19.8 Å². The van der Waals surface area contributed by atoms with Crippen molar-refractivity contribution >= 4 is 11.8 Å². The third-order valence-electron chi connectivity index (χ3n) is 5.20. The molecule has 2 heterocycles. The van der Waals surface area contributed by atoms with E-state index < -0.39 is 11.7 Å². The third kappa shape index (κ3) is 4.60. The number of carbonyl (C=O) groups excluding carboxylic acids is 2. The van der Waals surface area contributed by atoms with E-state index >= 15 is 0 Å². The molecule has 7 heteroatoms. The summed E-state index contributed by atoms with van der Waals surface area (Å²) in [6.07, 6.45) is 0.477. The van der Waals surface area contributed by atoms with Crippen LogP contribution in [0, 0.1) is 0 Å². The average Bonchev–Trinajstić information content (AvgIpc) is 2.63. The van der Waals surface area contributed by atoms with Crippen molar-refractivity contribution in [3.05, 3.63) is 35.9 Å². The number of piperidine rings is 1. The van der Waals surface area contributed by atoms with Crippen molar-refractivity contribution in [2.75, 3.05) is 39.3 Å². The van der Waals surface area contributed by atoms with Gasteiger partial charge in [-0.25, -0.2) is 0 Å². The van der Waals surface area contributed by atoms with Crippen LogP contribution < -0.4 is 5.32 Å². The maximum absolute atomic E-state index is 12.6. The average molecular weight is 361 g/mol. The molecule has 2 amide bonds. The number of nitrogens with one attached hydrogen (secondary N) is 1. The summed E-state index contributed by atoms with van der Waals surface area (Å²) in [5, 5.41) is 24.0. The van der Waals surface area contributed by atoms with E-state index in [1.165, 1.54) is 0 Å². The molecule has 0 aliphatic carbocycles. The zero-order valence-electron chi connectivity index (χ0n) is 14.9. The Morgan fingerprint density at radius 1 is 1.27 bits per heavy atom. The van der Waals surface area contributed by atoms with Gasteiger partial charge in [0, 0.05) is 32.6 Å². The van der Waals surface area contributed by atoms with Crippen molar-refractivity contribution in [2.45, 2.75) is 31.0 Å². The standard InChI is InChI=1S/C19H27N3O4/c23-16-8-10-22(18(25)7-6-15-4-2-1-3-5-15)14-19(16,26)13-21-11-9-20-17(24)12-21/h1-5,16,23,26H,6-14H2,(H,20,24)/t16-,19+/m0/s1. The monoisotopic (exact) mass is 361 g/mol. The second kappa shape index (κ2) is 8.16. The molecule has 2 saturated heterocycles. The highest BCUT2D eigenvalue weighted by atomic mass is 16.3. The van der Waals surface area contributed by atoms with Gasteiger partial charge in [-0.05, 0) is 18.4 Å². The number of aryl methyl sites for hydroxylation is 1. The lowest BCUT2D eigenvalue weighted by atomic mass is 9.88. The molecule has 0 aromatic heterocycles. The van der Waals surface area contributed by atoms with Crippen LogP contribution in [0.3, 0.4) is 0 Å². The van der Waals surface area contributed by atoms with Gasteiger partial charge < -0.3 is 20.4 Å². The predicted molar refractivity (Wildman–Crippen MR) is 96.4 cm³/mol. The van der Waals surface area contributed by atoms with Gasteiger partial charge in [0.2, 0.25) is 11.8 Å². The fourth-order valence-electron chi connectivity index (χ4n) is 3.70. The number of amides is 2. The van der Waals surface area contributed by atoms with Gasteiger partial charge in [0.25, 0.3) is 0 Å². The normalized spacial score (nSPS) is 27.2. The summed E-state index contributed by atoms with van der Waals surface area (Å²) in [6.45, 7) is 2.09. The molecule has 2 atom stereocenters. The van der Waals surface area contributed by atoms with E-state index in [-0.39, 0.29) is 31.4 Å². The SMILES string of the molecule is O=C1CN(C[C@@]2(O)CN(C(=O)CCc3ccccc3)CC[C@@H]2O)CCN1. The topological polar surface area (TPSA) is 93.1 Å². The van der Waals surface area contributed by atoms with Crippen LogP contribution in [-0.2, 0) is 16.0 Å². The third-order valence-corrected chi connectivity index (χ3v) is 5.20. The van der Waals surface area contributed by atoms with Crippen LogP contribution >= 0.6 is 0 Å². The maximum atomic E-state index is 12.6. The Morgan fingerprint density at radius 2 is 2.04 bits per heavy atom. The summed E-state index contributed by atoms with van der Waals surface area (Å²) < 4.78 is 0. The summed E-state index contributed by atoms with van der Waals surface area (Å²) >= 11 is 0. The number of likely N-dealkylation sites (tertiary alicyclic amines) is 1. The lowest BCUT2D eigenvalue weighted by Crippen LogP contribution is -2.64. The zero-order valence-corrected chi connectivity index (χ0v) is 14.9. The Labute approximate surface area is 153 Å². The quantitative estimate of drug-likeness (QED) is 0.650. The number of hydrogen-bond donors (Lipinski definition) is 3. The van der Waals surface area contributed by atoms with E-state index in [0.29, 0.717) is 38.9 Å². The summed E-state index contributed by atoms with van der Waals surface area (Å²) in [6, 6.07) is 9.82. The molecule has 0 radical (unpaired) electrons. The van der Waals surface area contributed by atoms with Gasteiger partial charge in [-0.2, -0.15) is 0 Å². The second-order valence-corrected chi connectivity index (χ2v) is 7.27. The molecular weight excluding hydrogens is 334 g/mol. The van der Waals surface area contributed by atoms with Crippen LogP contribution in [0.4, 0.5) is 0 Å². The summed E-state index contributed by atoms with van der Waals surface area (Å²) in [7, 11) is 0. The number of piperazine rings is 1. The Bertz CT molecular complexity index is 639. The molecule has 0 bridgehead atoms. The number of aliphatic hydroxyl groups is 2. The second-order valence-electron chi connectivity index (χ2n) is 7.27. The maximum Gasteiger partial charge on any atom is 0.234 e. The van der Waals surface area contributed by atoms with Crippen LogP contribution in [-0.4, -0.2) is 82.8 Å². The van der Waals surface area contributed by atoms with Crippen LogP contribution in [0.25, 0.3) is 0 Å². The Kier molecular flexibility index (Phi) is 5.90. The van der Waals surface area contributed by atoms with Crippen molar-refractivity contribution in [1.82, 2.24) is 15.1 Å². The number of aliphatic hydroxyl groups excluding tert-OH is 1. The molecule has 26 heavy (non-hydrogen) atoms. The van der Waals surface area contributed by atoms with Gasteiger partial charge in [-0.15, -0.1) is 0 Å². The molecule has 2 aliphatic rings. The molecule has 2 fully saturated rings. The van der Waals surface area contributed by atoms with Gasteiger partial charge in [0.05, 0.1) is 19.2 Å². The molecule has 1 aromatic carbocycles. The predicted octanol–water partition coefficient (Wildman–Crippen LogP) is -0.625. The zero-order chi connectivity index (χ0) is 18.6. The van der Waals surface area contributed by atoms with E-state index in [2.05, 4.69) is 5.32 Å². The van der Waals surface area contributed by atoms with E-state index in [0.717, 1.165) is 5.56 Å². The molecule has 3 N–H and O–H groups in total. The highest BCUT2D eigenvalue weighted by molar-refractivity contribution is 5.78. The number of rotatable bonds is 5. The fraction of sp³-hybridized carbons (Fsp3) is 0.579. The number of carbonyl (C=O) groups is 2. The minimum atomic E-state index is -1.40. The van der Waals surface area contributed by atoms with Crippen LogP contribution in [0.1, 0.15) is 18.4 Å². The van der Waals surface area contributed by atoms with Gasteiger partial charge in [-0.3, -0.25) is 14.5 Å². The molecule has 2 aliphatic heterocycles. The highest BCUT2D eigenvalue weighted by Gasteiger charge is 2.43. The summed E-state index contributed by atoms with van der Waals surface area (Å²) in [5.41, 5.74) is -0.300.